The lowest BCUT2D eigenvalue weighted by atomic mass is 10.1. The molecule has 0 radical (unpaired) electrons. The van der Waals surface area contributed by atoms with E-state index < -0.39 is 0 Å². The quantitative estimate of drug-likeness (QED) is 0.345. The van der Waals surface area contributed by atoms with Gasteiger partial charge in [-0.25, -0.2) is 0 Å². The van der Waals surface area contributed by atoms with Crippen LogP contribution in [-0.2, 0) is 16.0 Å². The monoisotopic (exact) mass is 433 g/mol. The van der Waals surface area contributed by atoms with Gasteiger partial charge in [-0.3, -0.25) is 14.7 Å². The first-order valence-corrected chi connectivity index (χ1v) is 11.9. The van der Waals surface area contributed by atoms with Crippen LogP contribution in [0.15, 0.2) is 27.8 Å². The third-order valence-electron chi connectivity index (χ3n) is 5.89. The van der Waals surface area contributed by atoms with Crippen molar-refractivity contribution in [3.05, 3.63) is 24.2 Å². The maximum atomic E-state index is 12.6. The zero-order valence-corrected chi connectivity index (χ0v) is 19.1. The molecule has 2 aliphatic heterocycles. The van der Waals surface area contributed by atoms with Crippen molar-refractivity contribution < 1.29 is 13.9 Å². The molecule has 1 aromatic rings. The second kappa shape index (κ2) is 13.4. The zero-order chi connectivity index (χ0) is 21.7. The molecule has 3 heterocycles. The summed E-state index contributed by atoms with van der Waals surface area (Å²) in [7, 11) is 0. The molecular weight excluding hydrogens is 394 g/mol. The summed E-state index contributed by atoms with van der Waals surface area (Å²) in [6, 6.07) is 3.92. The van der Waals surface area contributed by atoms with E-state index >= 15 is 0 Å². The fourth-order valence-corrected chi connectivity index (χ4v) is 4.07. The molecule has 174 valence electrons. The fraction of sp³-hybridized carbons (Fsp3) is 0.739. The highest BCUT2D eigenvalue weighted by Crippen LogP contribution is 2.10. The summed E-state index contributed by atoms with van der Waals surface area (Å²) < 4.78 is 10.9. The van der Waals surface area contributed by atoms with Crippen LogP contribution in [0.5, 0.6) is 0 Å². The van der Waals surface area contributed by atoms with Crippen LogP contribution in [0.2, 0.25) is 0 Å². The predicted molar refractivity (Wildman–Crippen MR) is 122 cm³/mol. The maximum absolute atomic E-state index is 12.6. The van der Waals surface area contributed by atoms with Crippen LogP contribution < -0.4 is 5.32 Å². The first kappa shape index (κ1) is 23.6. The van der Waals surface area contributed by atoms with E-state index in [4.69, 9.17) is 14.1 Å². The molecule has 8 heteroatoms. The Morgan fingerprint density at radius 3 is 2.65 bits per heavy atom. The van der Waals surface area contributed by atoms with Crippen LogP contribution in [0.25, 0.3) is 0 Å². The van der Waals surface area contributed by atoms with E-state index in [-0.39, 0.29) is 5.91 Å². The van der Waals surface area contributed by atoms with Gasteiger partial charge in [0.15, 0.2) is 5.96 Å². The van der Waals surface area contributed by atoms with Gasteiger partial charge in [-0.05, 0) is 44.7 Å². The van der Waals surface area contributed by atoms with E-state index in [0.29, 0.717) is 6.54 Å². The van der Waals surface area contributed by atoms with Gasteiger partial charge in [0.25, 0.3) is 0 Å². The number of likely N-dealkylation sites (tertiary alicyclic amines) is 1. The Morgan fingerprint density at radius 2 is 1.94 bits per heavy atom. The van der Waals surface area contributed by atoms with Gasteiger partial charge < -0.3 is 24.3 Å². The minimum Gasteiger partial charge on any atom is -0.469 e. The average molecular weight is 434 g/mol. The molecule has 0 aliphatic carbocycles. The molecule has 1 aromatic heterocycles. The number of furan rings is 1. The van der Waals surface area contributed by atoms with Gasteiger partial charge >= 0.3 is 0 Å². The summed E-state index contributed by atoms with van der Waals surface area (Å²) >= 11 is 0. The van der Waals surface area contributed by atoms with Crippen molar-refractivity contribution in [1.82, 2.24) is 20.0 Å². The van der Waals surface area contributed by atoms with E-state index in [1.807, 2.05) is 24.0 Å². The van der Waals surface area contributed by atoms with Gasteiger partial charge in [-0.2, -0.15) is 0 Å². The summed E-state index contributed by atoms with van der Waals surface area (Å²) in [5, 5.41) is 3.51. The van der Waals surface area contributed by atoms with Crippen LogP contribution in [0.1, 0.15) is 38.4 Å². The SMILES string of the molecule is CCOCCCN=C(NCCc1ccco1)N1CCN(CC(=O)N2CCCCC2)CC1. The van der Waals surface area contributed by atoms with Gasteiger partial charge in [0, 0.05) is 72.0 Å². The van der Waals surface area contributed by atoms with Gasteiger partial charge in [-0.15, -0.1) is 0 Å². The molecular formula is C23H39N5O3. The van der Waals surface area contributed by atoms with E-state index in [2.05, 4.69) is 15.1 Å². The van der Waals surface area contributed by atoms with E-state index in [1.165, 1.54) is 6.42 Å². The summed E-state index contributed by atoms with van der Waals surface area (Å²) in [6.45, 7) is 11.0. The number of carbonyl (C=O) groups excluding carboxylic acids is 1. The number of rotatable bonds is 10. The first-order chi connectivity index (χ1) is 15.3. The van der Waals surface area contributed by atoms with Crippen LogP contribution >= 0.6 is 0 Å². The molecule has 2 saturated heterocycles. The summed E-state index contributed by atoms with van der Waals surface area (Å²) in [4.78, 5) is 24.0. The lowest BCUT2D eigenvalue weighted by Gasteiger charge is -2.37. The summed E-state index contributed by atoms with van der Waals surface area (Å²) in [6.07, 6.45) is 7.00. The van der Waals surface area contributed by atoms with Crippen LogP contribution in [0.3, 0.4) is 0 Å². The van der Waals surface area contributed by atoms with Crippen LogP contribution in [0, 0.1) is 0 Å². The number of piperidine rings is 1. The second-order valence-corrected chi connectivity index (χ2v) is 8.22. The molecule has 3 rings (SSSR count). The minimum absolute atomic E-state index is 0.287. The summed E-state index contributed by atoms with van der Waals surface area (Å²) in [5.41, 5.74) is 0. The van der Waals surface area contributed by atoms with Crippen molar-refractivity contribution in [2.75, 3.05) is 72.1 Å². The lowest BCUT2D eigenvalue weighted by Crippen LogP contribution is -2.54. The van der Waals surface area contributed by atoms with E-state index in [1.54, 1.807) is 6.26 Å². The molecule has 0 unspecified atom stereocenters. The molecule has 1 N–H and O–H groups in total. The molecule has 8 nitrogen and oxygen atoms in total. The molecule has 2 aliphatic rings. The average Bonchev–Trinajstić information content (AvgIpc) is 3.32. The van der Waals surface area contributed by atoms with Crippen LogP contribution in [0.4, 0.5) is 0 Å². The Hall–Kier alpha value is -2.06. The summed E-state index contributed by atoms with van der Waals surface area (Å²) in [5.74, 6) is 2.21. The molecule has 0 bridgehead atoms. The Morgan fingerprint density at radius 1 is 1.13 bits per heavy atom. The number of hydrogen-bond donors (Lipinski definition) is 1. The molecule has 31 heavy (non-hydrogen) atoms. The fourth-order valence-electron chi connectivity index (χ4n) is 4.07. The number of ether oxygens (including phenoxy) is 1. The van der Waals surface area contributed by atoms with Crippen LogP contribution in [-0.4, -0.2) is 98.7 Å². The smallest absolute Gasteiger partial charge is 0.236 e. The Kier molecular flexibility index (Phi) is 10.2. The van der Waals surface area contributed by atoms with E-state index in [0.717, 1.165) is 103 Å². The minimum atomic E-state index is 0.287. The lowest BCUT2D eigenvalue weighted by molar-refractivity contribution is -0.133. The van der Waals surface area contributed by atoms with Crippen molar-refractivity contribution in [2.24, 2.45) is 4.99 Å². The normalized spacial score (nSPS) is 18.4. The molecule has 2 fully saturated rings. The number of nitrogens with zero attached hydrogens (tertiary/aromatic N) is 4. The number of amides is 1. The van der Waals surface area contributed by atoms with Gasteiger partial charge in [-0.1, -0.05) is 0 Å². The molecule has 0 spiro atoms. The van der Waals surface area contributed by atoms with Gasteiger partial charge in [0.1, 0.15) is 5.76 Å². The highest BCUT2D eigenvalue weighted by atomic mass is 16.5. The van der Waals surface area contributed by atoms with Gasteiger partial charge in [0.05, 0.1) is 12.8 Å². The molecule has 0 atom stereocenters. The maximum Gasteiger partial charge on any atom is 0.236 e. The number of carbonyl (C=O) groups is 1. The zero-order valence-electron chi connectivity index (χ0n) is 19.1. The molecule has 0 aromatic carbocycles. The third-order valence-corrected chi connectivity index (χ3v) is 5.89. The number of guanidine groups is 1. The largest absolute Gasteiger partial charge is 0.469 e. The number of hydrogen-bond acceptors (Lipinski definition) is 5. The number of aliphatic imine (C=N–C) groups is 1. The molecule has 1 amide bonds. The Bertz CT molecular complexity index is 650. The predicted octanol–water partition coefficient (Wildman–Crippen LogP) is 1.82. The highest BCUT2D eigenvalue weighted by molar-refractivity contribution is 5.80. The van der Waals surface area contributed by atoms with Gasteiger partial charge in [0.2, 0.25) is 5.91 Å². The Labute approximate surface area is 186 Å². The van der Waals surface area contributed by atoms with Crippen molar-refractivity contribution in [3.63, 3.8) is 0 Å². The first-order valence-electron chi connectivity index (χ1n) is 11.9. The van der Waals surface area contributed by atoms with Crippen molar-refractivity contribution in [2.45, 2.75) is 39.0 Å². The highest BCUT2D eigenvalue weighted by Gasteiger charge is 2.24. The van der Waals surface area contributed by atoms with E-state index in [9.17, 15) is 4.79 Å². The van der Waals surface area contributed by atoms with Crippen molar-refractivity contribution >= 4 is 11.9 Å². The third kappa shape index (κ3) is 8.18. The second-order valence-electron chi connectivity index (χ2n) is 8.22. The topological polar surface area (TPSA) is 73.5 Å². The standard InChI is InChI=1S/C23H39N5O3/c1-2-30-18-7-10-24-23(25-11-9-21-8-6-19-31-21)28-16-14-26(15-17-28)20-22(29)27-12-4-3-5-13-27/h6,8,19H,2-5,7,9-18,20H2,1H3,(H,24,25). The van der Waals surface area contributed by atoms with Crippen molar-refractivity contribution in [3.8, 4) is 0 Å². The number of nitrogens with one attached hydrogen (secondary N) is 1. The number of piperazine rings is 1. The van der Waals surface area contributed by atoms with Crippen molar-refractivity contribution in [1.29, 1.82) is 0 Å². The molecule has 0 saturated carbocycles. The Balaban J connectivity index is 1.45.